The van der Waals surface area contributed by atoms with Gasteiger partial charge in [-0.25, -0.2) is 19.7 Å². The summed E-state index contributed by atoms with van der Waals surface area (Å²) in [6.45, 7) is 5.48. The van der Waals surface area contributed by atoms with Crippen molar-refractivity contribution in [2.75, 3.05) is 28.2 Å². The van der Waals surface area contributed by atoms with Crippen molar-refractivity contribution in [3.05, 3.63) is 48.8 Å². The molecule has 0 aliphatic carbocycles. The molecule has 0 radical (unpaired) electrons. The van der Waals surface area contributed by atoms with Gasteiger partial charge in [-0.15, -0.1) is 8.78 Å². The minimum absolute atomic E-state index is 0.157. The first-order valence-electron chi connectivity index (χ1n) is 10.9. The molecule has 0 saturated heterocycles. The summed E-state index contributed by atoms with van der Waals surface area (Å²) >= 11 is 0. The Bertz CT molecular complexity index is 1230. The highest BCUT2D eigenvalue weighted by Crippen LogP contribution is 2.42. The summed E-state index contributed by atoms with van der Waals surface area (Å²) in [4.78, 5) is 30.0. The zero-order chi connectivity index (χ0) is 23.9. The van der Waals surface area contributed by atoms with E-state index in [1.165, 1.54) is 12.3 Å². The number of hydrogen-bond donors (Lipinski definition) is 1. The van der Waals surface area contributed by atoms with Crippen molar-refractivity contribution in [3.8, 4) is 22.9 Å². The third-order valence-electron chi connectivity index (χ3n) is 5.74. The number of anilines is 3. The zero-order valence-corrected chi connectivity index (χ0v) is 18.5. The molecule has 0 unspecified atom stereocenters. The largest absolute Gasteiger partial charge is 0.587 e. The fourth-order valence-corrected chi connectivity index (χ4v) is 4.04. The van der Waals surface area contributed by atoms with Crippen molar-refractivity contribution in [1.29, 1.82) is 0 Å². The van der Waals surface area contributed by atoms with Crippen LogP contribution in [0.2, 0.25) is 0 Å². The Morgan fingerprint density at radius 3 is 2.85 bits per heavy atom. The molecular formula is C23H22F2N6O3. The molecule has 9 nitrogen and oxygen atoms in total. The molecule has 2 aliphatic rings. The highest BCUT2D eigenvalue weighted by molar-refractivity contribution is 6.03. The summed E-state index contributed by atoms with van der Waals surface area (Å²) in [6, 6.07) is 9.78. The predicted molar refractivity (Wildman–Crippen MR) is 121 cm³/mol. The summed E-state index contributed by atoms with van der Waals surface area (Å²) in [6.07, 6.45) is -0.0441. The second-order valence-corrected chi connectivity index (χ2v) is 7.97. The molecule has 1 atom stereocenters. The molecule has 1 N–H and O–H groups in total. The SMILES string of the molecule is CCN1CC[C@@H](C)N(C(=O)Nc2ccccn2)c2nc(-c3cnc4c(c3)OC(F)(F)O4)ccc21. The number of halogens is 2. The highest BCUT2D eigenvalue weighted by atomic mass is 19.3. The molecule has 0 bridgehead atoms. The van der Waals surface area contributed by atoms with Crippen LogP contribution < -0.4 is 24.6 Å². The number of hydrogen-bond acceptors (Lipinski definition) is 7. The number of carbonyl (C=O) groups is 1. The maximum Gasteiger partial charge on any atom is 0.587 e. The van der Waals surface area contributed by atoms with E-state index in [0.717, 1.165) is 25.2 Å². The van der Waals surface area contributed by atoms with E-state index < -0.39 is 6.29 Å². The maximum atomic E-state index is 13.4. The zero-order valence-electron chi connectivity index (χ0n) is 18.5. The van der Waals surface area contributed by atoms with E-state index in [-0.39, 0.29) is 23.7 Å². The third-order valence-corrected chi connectivity index (χ3v) is 5.74. The number of nitrogens with one attached hydrogen (secondary N) is 1. The lowest BCUT2D eigenvalue weighted by Gasteiger charge is -2.28. The molecule has 176 valence electrons. The molecule has 0 spiro atoms. The Labute approximate surface area is 194 Å². The molecule has 2 aliphatic heterocycles. The van der Waals surface area contributed by atoms with Gasteiger partial charge in [-0.2, -0.15) is 0 Å². The van der Waals surface area contributed by atoms with Crippen LogP contribution in [0.25, 0.3) is 11.3 Å². The van der Waals surface area contributed by atoms with E-state index >= 15 is 0 Å². The Balaban J connectivity index is 1.55. The first-order chi connectivity index (χ1) is 16.3. The topological polar surface area (TPSA) is 92.7 Å². The molecule has 5 rings (SSSR count). The molecule has 3 aromatic heterocycles. The van der Waals surface area contributed by atoms with E-state index in [9.17, 15) is 13.6 Å². The van der Waals surface area contributed by atoms with Crippen LogP contribution >= 0.6 is 0 Å². The van der Waals surface area contributed by atoms with Gasteiger partial charge in [0.05, 0.1) is 11.4 Å². The summed E-state index contributed by atoms with van der Waals surface area (Å²) in [7, 11) is 0. The second-order valence-electron chi connectivity index (χ2n) is 7.97. The van der Waals surface area contributed by atoms with Crippen LogP contribution in [0.15, 0.2) is 48.8 Å². The predicted octanol–water partition coefficient (Wildman–Crippen LogP) is 4.52. The number of urea groups is 1. The molecule has 2 amide bonds. The van der Waals surface area contributed by atoms with E-state index in [1.807, 2.05) is 19.9 Å². The number of rotatable bonds is 3. The van der Waals surface area contributed by atoms with Gasteiger partial charge in [0.25, 0.3) is 5.88 Å². The lowest BCUT2D eigenvalue weighted by Crippen LogP contribution is -2.42. The smallest absolute Gasteiger partial charge is 0.393 e. The van der Waals surface area contributed by atoms with Crippen molar-refractivity contribution < 1.29 is 23.0 Å². The van der Waals surface area contributed by atoms with Crippen molar-refractivity contribution in [2.24, 2.45) is 0 Å². The summed E-state index contributed by atoms with van der Waals surface area (Å²) in [5.41, 5.74) is 1.70. The van der Waals surface area contributed by atoms with Gasteiger partial charge in [0.2, 0.25) is 0 Å². The van der Waals surface area contributed by atoms with Gasteiger partial charge in [-0.05, 0) is 50.6 Å². The van der Waals surface area contributed by atoms with Gasteiger partial charge in [-0.1, -0.05) is 6.07 Å². The third kappa shape index (κ3) is 4.04. The molecule has 34 heavy (non-hydrogen) atoms. The molecule has 0 saturated carbocycles. The van der Waals surface area contributed by atoms with E-state index in [1.54, 1.807) is 35.4 Å². The fourth-order valence-electron chi connectivity index (χ4n) is 4.04. The standard InChI is InChI=1S/C23H22F2N6O3/c1-3-30-11-9-14(2)31(22(32)29-19-6-4-5-10-26-19)20-17(30)8-7-16(28-20)15-12-18-21(27-13-15)34-23(24,25)33-18/h4-8,10,12-14H,3,9,11H2,1-2H3,(H,26,29,32)/t14-/m1/s1. The molecule has 3 aromatic rings. The van der Waals surface area contributed by atoms with Gasteiger partial charge in [0, 0.05) is 37.1 Å². The van der Waals surface area contributed by atoms with E-state index in [0.29, 0.717) is 22.9 Å². The van der Waals surface area contributed by atoms with Gasteiger partial charge < -0.3 is 14.4 Å². The molecular weight excluding hydrogens is 446 g/mol. The number of carbonyl (C=O) groups excluding carboxylic acids is 1. The van der Waals surface area contributed by atoms with Crippen LogP contribution in [0.5, 0.6) is 11.6 Å². The minimum atomic E-state index is -3.76. The highest BCUT2D eigenvalue weighted by Gasteiger charge is 2.44. The summed E-state index contributed by atoms with van der Waals surface area (Å²) in [5.74, 6) is 0.425. The van der Waals surface area contributed by atoms with Gasteiger partial charge in [0.15, 0.2) is 11.6 Å². The van der Waals surface area contributed by atoms with Crippen molar-refractivity contribution >= 4 is 23.4 Å². The van der Waals surface area contributed by atoms with Crippen LogP contribution in [0.1, 0.15) is 20.3 Å². The number of ether oxygens (including phenoxy) is 2. The molecule has 0 aromatic carbocycles. The van der Waals surface area contributed by atoms with Crippen molar-refractivity contribution in [3.63, 3.8) is 0 Å². The average molecular weight is 468 g/mol. The monoisotopic (exact) mass is 468 g/mol. The Hall–Kier alpha value is -4.02. The first-order valence-corrected chi connectivity index (χ1v) is 10.9. The average Bonchev–Trinajstić information content (AvgIpc) is 3.05. The fraction of sp³-hybridized carbons (Fsp3) is 0.304. The first kappa shape index (κ1) is 21.8. The van der Waals surface area contributed by atoms with E-state index in [2.05, 4.69) is 29.7 Å². The van der Waals surface area contributed by atoms with Crippen LogP contribution in [-0.4, -0.2) is 46.4 Å². The second kappa shape index (κ2) is 8.40. The van der Waals surface area contributed by atoms with Gasteiger partial charge in [0.1, 0.15) is 5.82 Å². The minimum Gasteiger partial charge on any atom is -0.393 e. The van der Waals surface area contributed by atoms with Crippen molar-refractivity contribution in [1.82, 2.24) is 15.0 Å². The molecule has 11 heteroatoms. The number of aromatic nitrogens is 3. The number of amides is 2. The van der Waals surface area contributed by atoms with Crippen molar-refractivity contribution in [2.45, 2.75) is 32.6 Å². The van der Waals surface area contributed by atoms with Crippen LogP contribution in [-0.2, 0) is 0 Å². The summed E-state index contributed by atoms with van der Waals surface area (Å²) in [5, 5.41) is 2.83. The Kier molecular flexibility index (Phi) is 5.39. The number of nitrogens with zero attached hydrogens (tertiary/aromatic N) is 5. The Morgan fingerprint density at radius 2 is 2.09 bits per heavy atom. The normalized spacial score (nSPS) is 18.3. The quantitative estimate of drug-likeness (QED) is 0.604. The number of pyridine rings is 3. The maximum absolute atomic E-state index is 13.4. The summed E-state index contributed by atoms with van der Waals surface area (Å²) < 4.78 is 35.8. The lowest BCUT2D eigenvalue weighted by molar-refractivity contribution is -0.287. The molecule has 0 fully saturated rings. The van der Waals surface area contributed by atoms with E-state index in [4.69, 9.17) is 4.98 Å². The lowest BCUT2D eigenvalue weighted by atomic mass is 10.1. The van der Waals surface area contributed by atoms with Crippen LogP contribution in [0, 0.1) is 0 Å². The van der Waals surface area contributed by atoms with Gasteiger partial charge >= 0.3 is 12.3 Å². The van der Waals surface area contributed by atoms with Crippen LogP contribution in [0.4, 0.5) is 30.9 Å². The molecule has 5 heterocycles. The number of fused-ring (bicyclic) bond motifs is 2. The number of alkyl halides is 2. The van der Waals surface area contributed by atoms with Crippen LogP contribution in [0.3, 0.4) is 0 Å². The van der Waals surface area contributed by atoms with Gasteiger partial charge in [-0.3, -0.25) is 10.2 Å². The Morgan fingerprint density at radius 1 is 1.24 bits per heavy atom.